The summed E-state index contributed by atoms with van der Waals surface area (Å²) < 4.78 is 4.96. The monoisotopic (exact) mass is 352 g/mol. The number of aromatic nitrogens is 1. The number of nitrogens with zero attached hydrogens (tertiary/aromatic N) is 2. The average molecular weight is 353 g/mol. The molecule has 2 heterocycles. The van der Waals surface area contributed by atoms with Crippen LogP contribution in [0.5, 0.6) is 0 Å². The Bertz CT molecular complexity index is 732. The van der Waals surface area contributed by atoms with Crippen molar-refractivity contribution in [3.05, 3.63) is 30.2 Å². The number of rotatable bonds is 2. The summed E-state index contributed by atoms with van der Waals surface area (Å²) in [4.78, 5) is 19.1. The quantitative estimate of drug-likeness (QED) is 0.763. The van der Waals surface area contributed by atoms with Gasteiger partial charge >= 0.3 is 0 Å². The van der Waals surface area contributed by atoms with Gasteiger partial charge in [-0.1, -0.05) is 12.1 Å². The second-order valence-electron chi connectivity index (χ2n) is 6.80. The molecule has 1 amide bonds. The zero-order valence-electron chi connectivity index (χ0n) is 12.9. The number of fused-ring (bicyclic) bond motifs is 1. The van der Waals surface area contributed by atoms with E-state index >= 15 is 0 Å². The highest BCUT2D eigenvalue weighted by molar-refractivity contribution is 6.53. The number of benzene rings is 1. The van der Waals surface area contributed by atoms with Crippen LogP contribution in [0.25, 0.3) is 11.1 Å². The van der Waals surface area contributed by atoms with Crippen molar-refractivity contribution in [2.75, 3.05) is 13.1 Å². The van der Waals surface area contributed by atoms with Gasteiger partial charge in [0.15, 0.2) is 11.5 Å². The van der Waals surface area contributed by atoms with Crippen LogP contribution < -0.4 is 0 Å². The summed E-state index contributed by atoms with van der Waals surface area (Å²) in [6.07, 6.45) is 2.24. The fourth-order valence-electron chi connectivity index (χ4n) is 3.38. The van der Waals surface area contributed by atoms with Crippen molar-refractivity contribution in [2.45, 2.75) is 36.4 Å². The largest absolute Gasteiger partial charge is 0.440 e. The Hall–Kier alpha value is -1.26. The SMILES string of the molecule is C[C@@]1(C(=O)N2CCC(c3nc4ccccc4o3)CC2)CC1(Cl)Cl. The van der Waals surface area contributed by atoms with Crippen LogP contribution in [-0.2, 0) is 4.79 Å². The molecule has 0 N–H and O–H groups in total. The van der Waals surface area contributed by atoms with Crippen LogP contribution in [0, 0.1) is 5.41 Å². The van der Waals surface area contributed by atoms with E-state index in [9.17, 15) is 4.79 Å². The highest BCUT2D eigenvalue weighted by atomic mass is 35.5. The van der Waals surface area contributed by atoms with E-state index in [4.69, 9.17) is 27.6 Å². The maximum absolute atomic E-state index is 12.6. The lowest BCUT2D eigenvalue weighted by atomic mass is 9.95. The molecule has 0 radical (unpaired) electrons. The molecule has 23 heavy (non-hydrogen) atoms. The van der Waals surface area contributed by atoms with Crippen LogP contribution in [0.1, 0.15) is 38.0 Å². The number of carbonyl (C=O) groups is 1. The van der Waals surface area contributed by atoms with Gasteiger partial charge in [0.2, 0.25) is 5.91 Å². The first-order valence-corrected chi connectivity index (χ1v) is 8.69. The summed E-state index contributed by atoms with van der Waals surface area (Å²) >= 11 is 12.3. The third kappa shape index (κ3) is 2.43. The molecule has 2 aliphatic rings. The molecule has 6 heteroatoms. The van der Waals surface area contributed by atoms with E-state index in [1.165, 1.54) is 0 Å². The van der Waals surface area contributed by atoms with Crippen LogP contribution in [0.2, 0.25) is 0 Å². The molecule has 1 aliphatic heterocycles. The summed E-state index contributed by atoms with van der Waals surface area (Å²) in [5, 5.41) is 0. The van der Waals surface area contributed by atoms with E-state index in [2.05, 4.69) is 4.98 Å². The van der Waals surface area contributed by atoms with E-state index in [-0.39, 0.29) is 11.8 Å². The zero-order chi connectivity index (χ0) is 16.2. The summed E-state index contributed by atoms with van der Waals surface area (Å²) in [6, 6.07) is 7.78. The highest BCUT2D eigenvalue weighted by Gasteiger charge is 2.68. The summed E-state index contributed by atoms with van der Waals surface area (Å²) in [5.74, 6) is 1.11. The predicted octanol–water partition coefficient (Wildman–Crippen LogP) is 4.12. The van der Waals surface area contributed by atoms with Crippen molar-refractivity contribution in [3.8, 4) is 0 Å². The minimum atomic E-state index is -0.902. The van der Waals surface area contributed by atoms with Crippen molar-refractivity contribution in [2.24, 2.45) is 5.41 Å². The number of alkyl halides is 2. The number of carbonyl (C=O) groups excluding carboxylic acids is 1. The smallest absolute Gasteiger partial charge is 0.231 e. The Morgan fingerprint density at radius 2 is 1.96 bits per heavy atom. The van der Waals surface area contributed by atoms with E-state index in [1.807, 2.05) is 36.1 Å². The lowest BCUT2D eigenvalue weighted by molar-refractivity contribution is -0.137. The topological polar surface area (TPSA) is 46.3 Å². The van der Waals surface area contributed by atoms with Crippen molar-refractivity contribution in [1.29, 1.82) is 0 Å². The molecule has 2 aromatic rings. The van der Waals surface area contributed by atoms with Crippen LogP contribution in [0.3, 0.4) is 0 Å². The van der Waals surface area contributed by atoms with E-state index in [0.717, 1.165) is 29.8 Å². The van der Waals surface area contributed by atoms with Crippen molar-refractivity contribution >= 4 is 40.2 Å². The summed E-state index contributed by atoms with van der Waals surface area (Å²) in [5.41, 5.74) is 1.08. The van der Waals surface area contributed by atoms with Crippen LogP contribution in [0.15, 0.2) is 28.7 Å². The van der Waals surface area contributed by atoms with Crippen LogP contribution in [-0.4, -0.2) is 33.2 Å². The zero-order valence-corrected chi connectivity index (χ0v) is 14.4. The molecule has 0 spiro atoms. The molecule has 2 fully saturated rings. The van der Waals surface area contributed by atoms with Crippen LogP contribution >= 0.6 is 23.2 Å². The molecular formula is C17H18Cl2N2O2. The standard InChI is InChI=1S/C17H18Cl2N2O2/c1-16(10-17(16,18)19)15(22)21-8-6-11(7-9-21)14-20-12-4-2-3-5-13(12)23-14/h2-5,11H,6-10H2,1H3/t16-/m0/s1. The fraction of sp³-hybridized carbons (Fsp3) is 0.529. The number of likely N-dealkylation sites (tertiary alicyclic amines) is 1. The number of amides is 1. The number of oxazole rings is 1. The molecule has 1 aromatic heterocycles. The van der Waals surface area contributed by atoms with Gasteiger partial charge in [-0.3, -0.25) is 4.79 Å². The van der Waals surface area contributed by atoms with Gasteiger partial charge < -0.3 is 9.32 Å². The van der Waals surface area contributed by atoms with Gasteiger partial charge in [0, 0.05) is 19.0 Å². The minimum absolute atomic E-state index is 0.0681. The van der Waals surface area contributed by atoms with Gasteiger partial charge in [0.1, 0.15) is 9.85 Å². The van der Waals surface area contributed by atoms with E-state index < -0.39 is 9.75 Å². The van der Waals surface area contributed by atoms with Gasteiger partial charge in [0.25, 0.3) is 0 Å². The Morgan fingerprint density at radius 1 is 1.30 bits per heavy atom. The van der Waals surface area contributed by atoms with Gasteiger partial charge in [-0.05, 0) is 38.3 Å². The van der Waals surface area contributed by atoms with Gasteiger partial charge in [-0.2, -0.15) is 0 Å². The third-order valence-corrected chi connectivity index (χ3v) is 6.27. The second kappa shape index (κ2) is 5.12. The molecule has 1 atom stereocenters. The third-order valence-electron chi connectivity index (χ3n) is 5.17. The fourth-order valence-corrected chi connectivity index (χ4v) is 4.07. The maximum Gasteiger partial charge on any atom is 0.231 e. The number of hydrogen-bond donors (Lipinski definition) is 0. The molecule has 1 aromatic carbocycles. The van der Waals surface area contributed by atoms with Gasteiger partial charge in [0.05, 0.1) is 5.41 Å². The predicted molar refractivity (Wildman–Crippen MR) is 89.7 cm³/mol. The Balaban J connectivity index is 1.44. The lowest BCUT2D eigenvalue weighted by Crippen LogP contribution is -2.42. The summed E-state index contributed by atoms with van der Waals surface area (Å²) in [7, 11) is 0. The highest BCUT2D eigenvalue weighted by Crippen LogP contribution is 2.64. The first-order valence-electron chi connectivity index (χ1n) is 7.93. The molecule has 1 saturated carbocycles. The molecule has 1 saturated heterocycles. The maximum atomic E-state index is 12.6. The first kappa shape index (κ1) is 15.3. The van der Waals surface area contributed by atoms with Gasteiger partial charge in [-0.15, -0.1) is 23.2 Å². The Kier molecular flexibility index (Phi) is 3.40. The normalized spacial score (nSPS) is 27.3. The number of halogens is 2. The molecule has 4 nitrogen and oxygen atoms in total. The number of hydrogen-bond acceptors (Lipinski definition) is 3. The Morgan fingerprint density at radius 3 is 2.57 bits per heavy atom. The molecule has 122 valence electrons. The molecule has 0 unspecified atom stereocenters. The first-order chi connectivity index (χ1) is 10.9. The molecule has 0 bridgehead atoms. The minimum Gasteiger partial charge on any atom is -0.440 e. The van der Waals surface area contributed by atoms with Crippen LogP contribution in [0.4, 0.5) is 0 Å². The lowest BCUT2D eigenvalue weighted by Gasteiger charge is -2.33. The molecule has 1 aliphatic carbocycles. The van der Waals surface area contributed by atoms with Crippen molar-refractivity contribution < 1.29 is 9.21 Å². The van der Waals surface area contributed by atoms with Crippen molar-refractivity contribution in [1.82, 2.24) is 9.88 Å². The average Bonchev–Trinajstić information content (AvgIpc) is 2.89. The Labute approximate surface area is 144 Å². The number of piperidine rings is 1. The molecule has 4 rings (SSSR count). The molecular weight excluding hydrogens is 335 g/mol. The second-order valence-corrected chi connectivity index (χ2v) is 8.28. The van der Waals surface area contributed by atoms with Crippen molar-refractivity contribution in [3.63, 3.8) is 0 Å². The summed E-state index contributed by atoms with van der Waals surface area (Å²) in [6.45, 7) is 3.24. The van der Waals surface area contributed by atoms with Gasteiger partial charge in [-0.25, -0.2) is 4.98 Å². The van der Waals surface area contributed by atoms with E-state index in [1.54, 1.807) is 0 Å². The van der Waals surface area contributed by atoms with E-state index in [0.29, 0.717) is 19.5 Å². The number of para-hydroxylation sites is 2.